The third-order valence-corrected chi connectivity index (χ3v) is 11.0. The molecular weight excluding hydrogens is 695 g/mol. The second-order valence-corrected chi connectivity index (χ2v) is 14.4. The van der Waals surface area contributed by atoms with E-state index in [1.165, 1.54) is 27.1 Å². The van der Waals surface area contributed by atoms with Crippen molar-refractivity contribution in [2.75, 3.05) is 0 Å². The van der Waals surface area contributed by atoms with E-state index in [1.54, 1.807) is 6.20 Å². The molecule has 3 aromatic heterocycles. The predicted octanol–water partition coefficient (Wildman–Crippen LogP) is 14.1. The van der Waals surface area contributed by atoms with Crippen molar-refractivity contribution in [2.24, 2.45) is 0 Å². The number of aromatic nitrogens is 3. The van der Waals surface area contributed by atoms with Crippen LogP contribution in [0.15, 0.2) is 205 Å². The molecule has 57 heavy (non-hydrogen) atoms. The Kier molecular flexibility index (Phi) is 7.78. The van der Waals surface area contributed by atoms with Gasteiger partial charge in [-0.25, -0.2) is 9.97 Å². The fraction of sp³-hybridized carbons (Fsp3) is 0. The maximum absolute atomic E-state index is 6.09. The molecule has 3 heterocycles. The fourth-order valence-electron chi connectivity index (χ4n) is 8.10. The summed E-state index contributed by atoms with van der Waals surface area (Å²) in [6.07, 6.45) is 3.68. The summed E-state index contributed by atoms with van der Waals surface area (Å²) in [5, 5.41) is 7.24. The number of furan rings is 1. The molecule has 0 aliphatic heterocycles. The summed E-state index contributed by atoms with van der Waals surface area (Å²) in [6.45, 7) is 0. The molecule has 0 spiro atoms. The van der Waals surface area contributed by atoms with Gasteiger partial charge in [-0.15, -0.1) is 0 Å². The number of hydrogen-bond donors (Lipinski definition) is 0. The van der Waals surface area contributed by atoms with Crippen LogP contribution in [0.2, 0.25) is 0 Å². The minimum absolute atomic E-state index is 0.666. The maximum Gasteiger partial charge on any atom is 0.160 e. The van der Waals surface area contributed by atoms with Crippen LogP contribution in [0.1, 0.15) is 0 Å². The molecule has 11 aromatic rings. The third kappa shape index (κ3) is 5.92. The molecule has 4 nitrogen and oxygen atoms in total. The van der Waals surface area contributed by atoms with Gasteiger partial charge in [-0.3, -0.25) is 4.98 Å². The van der Waals surface area contributed by atoms with Crippen LogP contribution in [0.25, 0.3) is 111 Å². The molecule has 0 amide bonds. The number of pyridine rings is 1. The minimum atomic E-state index is 0.666. The van der Waals surface area contributed by atoms with Gasteiger partial charge in [0.25, 0.3) is 0 Å². The zero-order valence-corrected chi connectivity index (χ0v) is 30.8. The first kappa shape index (κ1) is 32.7. The Labute approximate surface area is 329 Å². The standard InChI is InChI=1S/C53H33N3O/c1-2-13-43-40(9-1)31-47(45-15-4-3-14-44(43)45)35-20-24-37(25-21-35)50-32-49(55-53(56-50)41-11-7-10-38(29-41)42-12-8-28-54-33-42)36-22-18-34(19-23-36)39-26-27-52-48(30-39)46-16-5-6-17-51(46)57-52/h1-33H. The molecule has 4 heteroatoms. The molecular formula is C53H33N3O. The van der Waals surface area contributed by atoms with E-state index >= 15 is 0 Å². The molecule has 0 aliphatic carbocycles. The Balaban J connectivity index is 1.00. The van der Waals surface area contributed by atoms with Crippen molar-refractivity contribution in [3.63, 3.8) is 0 Å². The number of para-hydroxylation sites is 1. The molecule has 0 saturated heterocycles. The van der Waals surface area contributed by atoms with E-state index in [4.69, 9.17) is 14.4 Å². The van der Waals surface area contributed by atoms with Crippen LogP contribution in [-0.2, 0) is 0 Å². The van der Waals surface area contributed by atoms with Crippen LogP contribution >= 0.6 is 0 Å². The zero-order chi connectivity index (χ0) is 37.7. The highest BCUT2D eigenvalue weighted by Gasteiger charge is 2.15. The zero-order valence-electron chi connectivity index (χ0n) is 30.8. The molecule has 266 valence electrons. The van der Waals surface area contributed by atoms with Crippen LogP contribution in [0, 0.1) is 0 Å². The van der Waals surface area contributed by atoms with Gasteiger partial charge in [-0.1, -0.05) is 146 Å². The SMILES string of the molecule is c1cncc(-c2cccc(-c3nc(-c4ccc(-c5ccc6oc7ccccc7c6c5)cc4)cc(-c4ccc(-c5cc6ccccc6c6ccccc56)cc4)n3)c2)c1. The molecule has 11 rings (SSSR count). The fourth-order valence-corrected chi connectivity index (χ4v) is 8.10. The number of nitrogens with zero attached hydrogens (tertiary/aromatic N) is 3. The number of rotatable bonds is 6. The Morgan fingerprint density at radius 2 is 0.930 bits per heavy atom. The third-order valence-electron chi connectivity index (χ3n) is 11.0. The smallest absolute Gasteiger partial charge is 0.160 e. The number of benzene rings is 8. The van der Waals surface area contributed by atoms with Crippen LogP contribution in [-0.4, -0.2) is 15.0 Å². The molecule has 0 N–H and O–H groups in total. The van der Waals surface area contributed by atoms with Crippen molar-refractivity contribution in [2.45, 2.75) is 0 Å². The van der Waals surface area contributed by atoms with Crippen molar-refractivity contribution in [1.82, 2.24) is 15.0 Å². The largest absolute Gasteiger partial charge is 0.456 e. The van der Waals surface area contributed by atoms with Gasteiger partial charge in [0.1, 0.15) is 11.2 Å². The van der Waals surface area contributed by atoms with Crippen LogP contribution in [0.5, 0.6) is 0 Å². The van der Waals surface area contributed by atoms with Gasteiger partial charge in [-0.2, -0.15) is 0 Å². The molecule has 0 fully saturated rings. The summed E-state index contributed by atoms with van der Waals surface area (Å²) in [5.74, 6) is 0.666. The van der Waals surface area contributed by atoms with Gasteiger partial charge < -0.3 is 4.42 Å². The summed E-state index contributed by atoms with van der Waals surface area (Å²) in [5.41, 5.74) is 13.2. The van der Waals surface area contributed by atoms with Crippen molar-refractivity contribution < 1.29 is 4.42 Å². The first-order valence-corrected chi connectivity index (χ1v) is 19.2. The first-order valence-electron chi connectivity index (χ1n) is 19.2. The molecule has 0 radical (unpaired) electrons. The van der Waals surface area contributed by atoms with Gasteiger partial charge >= 0.3 is 0 Å². The van der Waals surface area contributed by atoms with Crippen molar-refractivity contribution in [3.05, 3.63) is 200 Å². The van der Waals surface area contributed by atoms with Gasteiger partial charge in [0, 0.05) is 45.4 Å². The lowest BCUT2D eigenvalue weighted by Crippen LogP contribution is -1.96. The van der Waals surface area contributed by atoms with E-state index in [0.717, 1.165) is 77.8 Å². The van der Waals surface area contributed by atoms with E-state index < -0.39 is 0 Å². The van der Waals surface area contributed by atoms with Crippen molar-refractivity contribution >= 4 is 43.5 Å². The van der Waals surface area contributed by atoms with Crippen molar-refractivity contribution in [3.8, 4) is 67.3 Å². The summed E-state index contributed by atoms with van der Waals surface area (Å²) < 4.78 is 6.09. The lowest BCUT2D eigenvalue weighted by atomic mass is 9.92. The Morgan fingerprint density at radius 3 is 1.70 bits per heavy atom. The molecule has 0 bridgehead atoms. The van der Waals surface area contributed by atoms with E-state index in [2.05, 4.69) is 175 Å². The molecule has 8 aromatic carbocycles. The molecule has 0 saturated carbocycles. The lowest BCUT2D eigenvalue weighted by Gasteiger charge is -2.13. The minimum Gasteiger partial charge on any atom is -0.456 e. The average Bonchev–Trinajstić information content (AvgIpc) is 3.67. The Hall–Kier alpha value is -7.69. The summed E-state index contributed by atoms with van der Waals surface area (Å²) in [7, 11) is 0. The molecule has 0 aliphatic rings. The number of hydrogen-bond acceptors (Lipinski definition) is 4. The monoisotopic (exact) mass is 727 g/mol. The van der Waals surface area contributed by atoms with Gasteiger partial charge in [0.05, 0.1) is 11.4 Å². The van der Waals surface area contributed by atoms with Gasteiger partial charge in [-0.05, 0) is 91.8 Å². The van der Waals surface area contributed by atoms with Crippen LogP contribution in [0.4, 0.5) is 0 Å². The Morgan fingerprint density at radius 1 is 0.333 bits per heavy atom. The number of fused-ring (bicyclic) bond motifs is 6. The quantitative estimate of drug-likeness (QED) is 0.160. The highest BCUT2D eigenvalue weighted by atomic mass is 16.3. The Bertz CT molecular complexity index is 3280. The maximum atomic E-state index is 6.09. The topological polar surface area (TPSA) is 51.8 Å². The lowest BCUT2D eigenvalue weighted by molar-refractivity contribution is 0.669. The van der Waals surface area contributed by atoms with Gasteiger partial charge in [0.2, 0.25) is 0 Å². The normalized spacial score (nSPS) is 11.5. The summed E-state index contributed by atoms with van der Waals surface area (Å²) in [6, 6.07) is 66.2. The second-order valence-electron chi connectivity index (χ2n) is 14.4. The van der Waals surface area contributed by atoms with E-state index in [9.17, 15) is 0 Å². The second kappa shape index (κ2) is 13.6. The average molecular weight is 728 g/mol. The first-order chi connectivity index (χ1) is 28.2. The van der Waals surface area contributed by atoms with Crippen molar-refractivity contribution in [1.29, 1.82) is 0 Å². The van der Waals surface area contributed by atoms with E-state index in [1.807, 2.05) is 24.4 Å². The van der Waals surface area contributed by atoms with Gasteiger partial charge in [0.15, 0.2) is 5.82 Å². The predicted molar refractivity (Wildman–Crippen MR) is 235 cm³/mol. The van der Waals surface area contributed by atoms with Crippen LogP contribution < -0.4 is 0 Å². The molecule has 0 atom stereocenters. The summed E-state index contributed by atoms with van der Waals surface area (Å²) >= 11 is 0. The molecule has 0 unspecified atom stereocenters. The highest BCUT2D eigenvalue weighted by Crippen LogP contribution is 2.37. The van der Waals surface area contributed by atoms with Crippen LogP contribution in [0.3, 0.4) is 0 Å². The summed E-state index contributed by atoms with van der Waals surface area (Å²) in [4.78, 5) is 14.7. The highest BCUT2D eigenvalue weighted by molar-refractivity contribution is 6.13. The van der Waals surface area contributed by atoms with E-state index in [-0.39, 0.29) is 0 Å². The van der Waals surface area contributed by atoms with E-state index in [0.29, 0.717) is 5.82 Å².